The number of aromatic nitrogens is 1. The van der Waals surface area contributed by atoms with Crippen LogP contribution in [0.4, 0.5) is 17.1 Å². The second-order valence-corrected chi connectivity index (χ2v) is 15.2. The van der Waals surface area contributed by atoms with Gasteiger partial charge in [-0.25, -0.2) is 0 Å². The topological polar surface area (TPSA) is 8.17 Å². The van der Waals surface area contributed by atoms with E-state index >= 15 is 0 Å². The summed E-state index contributed by atoms with van der Waals surface area (Å²) < 4.78 is 2.42. The van der Waals surface area contributed by atoms with E-state index in [-0.39, 0.29) is 0 Å². The number of anilines is 3. The van der Waals surface area contributed by atoms with Crippen LogP contribution in [0.5, 0.6) is 0 Å². The zero-order valence-corrected chi connectivity index (χ0v) is 32.8. The van der Waals surface area contributed by atoms with Crippen LogP contribution in [0.2, 0.25) is 0 Å². The molecule has 0 spiro atoms. The van der Waals surface area contributed by atoms with E-state index in [1.54, 1.807) is 0 Å². The predicted molar refractivity (Wildman–Crippen MR) is 253 cm³/mol. The highest BCUT2D eigenvalue weighted by Crippen LogP contribution is 2.46. The molecule has 9 aromatic carbocycles. The summed E-state index contributed by atoms with van der Waals surface area (Å²) in [6, 6.07) is 76.8. The minimum absolute atomic E-state index is 0.996. The Balaban J connectivity index is 1.19. The van der Waals surface area contributed by atoms with E-state index in [9.17, 15) is 0 Å². The van der Waals surface area contributed by atoms with E-state index in [0.29, 0.717) is 0 Å². The van der Waals surface area contributed by atoms with Crippen LogP contribution in [0.1, 0.15) is 5.56 Å². The summed E-state index contributed by atoms with van der Waals surface area (Å²) in [7, 11) is 0. The van der Waals surface area contributed by atoms with Crippen molar-refractivity contribution in [1.82, 2.24) is 4.57 Å². The van der Waals surface area contributed by atoms with Crippen molar-refractivity contribution < 1.29 is 0 Å². The van der Waals surface area contributed by atoms with E-state index in [0.717, 1.165) is 61.7 Å². The molecule has 0 N–H and O–H groups in total. The molecule has 11 rings (SSSR count). The molecule has 0 unspecified atom stereocenters. The van der Waals surface area contributed by atoms with Gasteiger partial charge in [0, 0.05) is 39.0 Å². The standard InChI is InChI=1S/C58H38N2/c1-5-19-41(20-6-1)46-37-47(42-21-7-2-8-22-42)40-50(39-46)59(54-33-16-15-30-51(54)43-23-9-3-10-24-43)49-29-17-26-45(38-49)53-32-18-34-55-58(53)57-52-31-14-13-25-44(52)35-36-56(57)60(55)48-27-11-4-12-28-48/h1-7,9-21,23-40H. The van der Waals surface area contributed by atoms with Crippen molar-refractivity contribution in [2.75, 3.05) is 4.90 Å². The van der Waals surface area contributed by atoms with Crippen molar-refractivity contribution in [3.63, 3.8) is 0 Å². The van der Waals surface area contributed by atoms with Crippen molar-refractivity contribution in [3.05, 3.63) is 248 Å². The number of fused-ring (bicyclic) bond motifs is 5. The predicted octanol–water partition coefficient (Wildman–Crippen LogP) is 15.7. The maximum atomic E-state index is 3.39. The van der Waals surface area contributed by atoms with Crippen molar-refractivity contribution in [2.45, 2.75) is 0 Å². The lowest BCUT2D eigenvalue weighted by Crippen LogP contribution is -2.12. The molecule has 280 valence electrons. The average Bonchev–Trinajstić information content (AvgIpc) is 3.68. The normalized spacial score (nSPS) is 12.0. The van der Waals surface area contributed by atoms with Gasteiger partial charge in [0.1, 0.15) is 0 Å². The first-order chi connectivity index (χ1) is 29.8. The van der Waals surface area contributed by atoms with E-state index < -0.39 is 0 Å². The molecular weight excluding hydrogens is 725 g/mol. The number of benzene rings is 9. The number of para-hydroxylation sites is 2. The third kappa shape index (κ3) is 6.18. The van der Waals surface area contributed by atoms with Gasteiger partial charge in [0.2, 0.25) is 0 Å². The molecule has 0 saturated heterocycles. The Morgan fingerprint density at radius 3 is 1.88 bits per heavy atom. The van der Waals surface area contributed by atoms with Crippen LogP contribution in [-0.2, 0) is 0 Å². The minimum Gasteiger partial charge on any atom is -0.310 e. The maximum absolute atomic E-state index is 3.39. The highest BCUT2D eigenvalue weighted by molar-refractivity contribution is 6.25. The molecule has 1 aliphatic carbocycles. The summed E-state index contributed by atoms with van der Waals surface area (Å²) in [4.78, 5) is 2.43. The minimum atomic E-state index is 0.996. The van der Waals surface area contributed by atoms with Crippen LogP contribution < -0.4 is 4.90 Å². The Labute approximate surface area is 349 Å². The van der Waals surface area contributed by atoms with E-state index in [4.69, 9.17) is 0 Å². The molecule has 1 aromatic heterocycles. The Kier molecular flexibility index (Phi) is 8.77. The Bertz CT molecular complexity index is 3380. The van der Waals surface area contributed by atoms with Gasteiger partial charge in [0.25, 0.3) is 0 Å². The van der Waals surface area contributed by atoms with Crippen LogP contribution >= 0.6 is 0 Å². The lowest BCUT2D eigenvalue weighted by atomic mass is 9.95. The fourth-order valence-electron chi connectivity index (χ4n) is 8.91. The summed E-state index contributed by atoms with van der Waals surface area (Å²) >= 11 is 0. The summed E-state index contributed by atoms with van der Waals surface area (Å²) in [6.45, 7) is 0. The molecule has 60 heavy (non-hydrogen) atoms. The Morgan fingerprint density at radius 1 is 0.417 bits per heavy atom. The molecule has 1 aliphatic rings. The molecule has 10 aromatic rings. The van der Waals surface area contributed by atoms with Gasteiger partial charge in [-0.15, -0.1) is 0 Å². The second-order valence-electron chi connectivity index (χ2n) is 15.2. The fraction of sp³-hybridized carbons (Fsp3) is 0. The van der Waals surface area contributed by atoms with Crippen molar-refractivity contribution in [3.8, 4) is 39.1 Å². The molecule has 0 radical (unpaired) electrons. The molecule has 0 fully saturated rings. The quantitative estimate of drug-likeness (QED) is 0.140. The molecule has 1 heterocycles. The second kappa shape index (κ2) is 15.0. The lowest BCUT2D eigenvalue weighted by molar-refractivity contribution is 1.18. The van der Waals surface area contributed by atoms with Gasteiger partial charge in [0.15, 0.2) is 0 Å². The van der Waals surface area contributed by atoms with Gasteiger partial charge in [-0.05, 0) is 117 Å². The van der Waals surface area contributed by atoms with Crippen molar-refractivity contribution >= 4 is 55.2 Å². The first-order valence-electron chi connectivity index (χ1n) is 20.4. The summed E-state index contributed by atoms with van der Waals surface area (Å²) in [5.74, 6) is 0. The Hall–Kier alpha value is -8.12. The first-order valence-corrected chi connectivity index (χ1v) is 20.4. The fourth-order valence-corrected chi connectivity index (χ4v) is 8.91. The number of hydrogen-bond acceptors (Lipinski definition) is 1. The van der Waals surface area contributed by atoms with Gasteiger partial charge in [-0.2, -0.15) is 0 Å². The molecule has 0 saturated carbocycles. The van der Waals surface area contributed by atoms with Gasteiger partial charge in [-0.1, -0.05) is 169 Å². The average molecular weight is 763 g/mol. The zero-order valence-electron chi connectivity index (χ0n) is 32.8. The number of nitrogens with zero attached hydrogens (tertiary/aromatic N) is 2. The van der Waals surface area contributed by atoms with Crippen LogP contribution in [0.15, 0.2) is 242 Å². The lowest BCUT2D eigenvalue weighted by Gasteiger charge is -2.29. The van der Waals surface area contributed by atoms with E-state index in [2.05, 4.69) is 239 Å². The van der Waals surface area contributed by atoms with Crippen LogP contribution in [-0.4, -0.2) is 4.57 Å². The monoisotopic (exact) mass is 762 g/mol. The molecule has 0 aliphatic heterocycles. The third-order valence-electron chi connectivity index (χ3n) is 11.6. The molecule has 2 nitrogen and oxygen atoms in total. The maximum Gasteiger partial charge on any atom is 0.0547 e. The molecule has 2 heteroatoms. The number of rotatable bonds is 8. The van der Waals surface area contributed by atoms with Crippen molar-refractivity contribution in [2.24, 2.45) is 0 Å². The first kappa shape index (κ1) is 35.1. The van der Waals surface area contributed by atoms with Gasteiger partial charge < -0.3 is 9.47 Å². The molecular formula is C58H38N2. The Morgan fingerprint density at radius 2 is 1.07 bits per heavy atom. The highest BCUT2D eigenvalue weighted by Gasteiger charge is 2.22. The molecule has 0 atom stereocenters. The summed E-state index contributed by atoms with van der Waals surface area (Å²) in [5, 5.41) is 4.98. The van der Waals surface area contributed by atoms with Crippen LogP contribution in [0.25, 0.3) is 77.2 Å². The summed E-state index contributed by atoms with van der Waals surface area (Å²) in [6.07, 6.45) is 6.05. The van der Waals surface area contributed by atoms with Crippen LogP contribution in [0.3, 0.4) is 0 Å². The smallest absolute Gasteiger partial charge is 0.0547 e. The van der Waals surface area contributed by atoms with Gasteiger partial charge in [-0.3, -0.25) is 0 Å². The molecule has 0 bridgehead atoms. The molecule has 0 amide bonds. The van der Waals surface area contributed by atoms with Crippen molar-refractivity contribution in [1.29, 1.82) is 0 Å². The largest absolute Gasteiger partial charge is 0.310 e. The van der Waals surface area contributed by atoms with Gasteiger partial charge in [0.05, 0.1) is 16.7 Å². The summed E-state index contributed by atoms with van der Waals surface area (Å²) in [5.41, 5.74) is 22.3. The van der Waals surface area contributed by atoms with E-state index in [1.807, 2.05) is 12.2 Å². The SMILES string of the molecule is C1=C=C(c2cc(-c3ccccc3)cc(N(c3cccc(-c4cccc5c4c4c6ccccc6ccc4n5-c4ccccc4)c3)c3ccccc3-c3ccccc3)c2)C=CC=1. The zero-order chi connectivity index (χ0) is 39.8. The van der Waals surface area contributed by atoms with Gasteiger partial charge >= 0.3 is 0 Å². The number of allylic oxidation sites excluding steroid dienone is 4. The third-order valence-corrected chi connectivity index (χ3v) is 11.6. The van der Waals surface area contributed by atoms with E-state index in [1.165, 1.54) is 38.1 Å². The van der Waals surface area contributed by atoms with Crippen LogP contribution in [0, 0.1) is 0 Å². The number of hydrogen-bond donors (Lipinski definition) is 0. The highest BCUT2D eigenvalue weighted by atomic mass is 15.1.